The Bertz CT molecular complexity index is 217. The van der Waals surface area contributed by atoms with Gasteiger partial charge in [-0.1, -0.05) is 6.92 Å². The lowest BCUT2D eigenvalue weighted by Crippen LogP contribution is -2.30. The summed E-state index contributed by atoms with van der Waals surface area (Å²) in [6.07, 6.45) is 0.902. The van der Waals surface area contributed by atoms with Gasteiger partial charge in [0.1, 0.15) is 0 Å². The van der Waals surface area contributed by atoms with E-state index in [1.807, 2.05) is 6.92 Å². The molecule has 0 radical (unpaired) electrons. The summed E-state index contributed by atoms with van der Waals surface area (Å²) in [6.45, 7) is 2.92. The van der Waals surface area contributed by atoms with Crippen LogP contribution >= 0.6 is 0 Å². The monoisotopic (exact) mass is 186 g/mol. The molecule has 0 saturated carbocycles. The molecule has 1 saturated heterocycles. The van der Waals surface area contributed by atoms with Crippen molar-refractivity contribution in [2.45, 2.75) is 25.8 Å². The minimum absolute atomic E-state index is 0.0177. The van der Waals surface area contributed by atoms with Crippen molar-refractivity contribution in [3.63, 3.8) is 0 Å². The van der Waals surface area contributed by atoms with E-state index in [0.29, 0.717) is 13.1 Å². The minimum Gasteiger partial charge on any atom is -0.481 e. The second kappa shape index (κ2) is 4.11. The number of amides is 2. The van der Waals surface area contributed by atoms with Gasteiger partial charge in [-0.2, -0.15) is 0 Å². The van der Waals surface area contributed by atoms with Gasteiger partial charge in [0, 0.05) is 19.1 Å². The van der Waals surface area contributed by atoms with Gasteiger partial charge in [0.05, 0.1) is 6.42 Å². The highest BCUT2D eigenvalue weighted by Crippen LogP contribution is 2.06. The Labute approximate surface area is 76.7 Å². The van der Waals surface area contributed by atoms with Crippen LogP contribution in [0.25, 0.3) is 0 Å². The fraction of sp³-hybridized carbons (Fsp3) is 0.750. The normalized spacial score (nSPS) is 21.8. The standard InChI is InChI=1S/C8H14N2O3/c1-2-6-5-10(8(13)9-6)4-3-7(11)12/h6H,2-5H2,1H3,(H,9,13)(H,11,12). The summed E-state index contributed by atoms with van der Waals surface area (Å²) >= 11 is 0. The highest BCUT2D eigenvalue weighted by molar-refractivity contribution is 5.77. The van der Waals surface area contributed by atoms with Gasteiger partial charge in [-0.05, 0) is 6.42 Å². The average molecular weight is 186 g/mol. The van der Waals surface area contributed by atoms with Gasteiger partial charge < -0.3 is 15.3 Å². The van der Waals surface area contributed by atoms with E-state index in [1.165, 1.54) is 0 Å². The predicted molar refractivity (Wildman–Crippen MR) is 46.4 cm³/mol. The molecule has 1 fully saturated rings. The van der Waals surface area contributed by atoms with E-state index in [0.717, 1.165) is 6.42 Å². The highest BCUT2D eigenvalue weighted by Gasteiger charge is 2.26. The van der Waals surface area contributed by atoms with Gasteiger partial charge in [-0.15, -0.1) is 0 Å². The van der Waals surface area contributed by atoms with E-state index in [2.05, 4.69) is 5.32 Å². The molecule has 74 valence electrons. The van der Waals surface area contributed by atoms with E-state index in [4.69, 9.17) is 5.11 Å². The molecule has 5 heteroatoms. The molecule has 1 heterocycles. The first-order valence-electron chi connectivity index (χ1n) is 4.40. The molecule has 2 N–H and O–H groups in total. The Morgan fingerprint density at radius 1 is 1.77 bits per heavy atom. The quantitative estimate of drug-likeness (QED) is 0.661. The number of urea groups is 1. The molecule has 0 aliphatic carbocycles. The van der Waals surface area contributed by atoms with Crippen LogP contribution < -0.4 is 5.32 Å². The summed E-state index contributed by atoms with van der Waals surface area (Å²) in [5.41, 5.74) is 0. The van der Waals surface area contributed by atoms with Crippen molar-refractivity contribution >= 4 is 12.0 Å². The van der Waals surface area contributed by atoms with Gasteiger partial charge in [-0.3, -0.25) is 4.79 Å². The number of carbonyl (C=O) groups excluding carboxylic acids is 1. The van der Waals surface area contributed by atoms with Crippen molar-refractivity contribution in [3.05, 3.63) is 0 Å². The largest absolute Gasteiger partial charge is 0.481 e. The number of hydrogen-bond acceptors (Lipinski definition) is 2. The molecule has 0 spiro atoms. The van der Waals surface area contributed by atoms with Crippen LogP contribution in [0.15, 0.2) is 0 Å². The maximum absolute atomic E-state index is 11.2. The number of carboxylic acids is 1. The van der Waals surface area contributed by atoms with E-state index in [-0.39, 0.29) is 18.5 Å². The Kier molecular flexibility index (Phi) is 3.11. The maximum atomic E-state index is 11.2. The van der Waals surface area contributed by atoms with Crippen molar-refractivity contribution < 1.29 is 14.7 Å². The number of hydrogen-bond donors (Lipinski definition) is 2. The number of rotatable bonds is 4. The Morgan fingerprint density at radius 3 is 2.92 bits per heavy atom. The van der Waals surface area contributed by atoms with E-state index in [9.17, 15) is 9.59 Å². The summed E-state index contributed by atoms with van der Waals surface area (Å²) in [6, 6.07) is 0.0365. The highest BCUT2D eigenvalue weighted by atomic mass is 16.4. The minimum atomic E-state index is -0.868. The van der Waals surface area contributed by atoms with Crippen LogP contribution in [0.5, 0.6) is 0 Å². The lowest BCUT2D eigenvalue weighted by Gasteiger charge is -2.12. The zero-order valence-corrected chi connectivity index (χ0v) is 7.62. The average Bonchev–Trinajstić information content (AvgIpc) is 2.43. The molecule has 2 amide bonds. The van der Waals surface area contributed by atoms with Crippen LogP contribution in [0.1, 0.15) is 19.8 Å². The molecule has 1 aliphatic rings. The topological polar surface area (TPSA) is 69.6 Å². The number of carboxylic acid groups (broad SMARTS) is 1. The molecule has 0 bridgehead atoms. The molecule has 5 nitrogen and oxygen atoms in total. The van der Waals surface area contributed by atoms with Gasteiger partial charge in [-0.25, -0.2) is 4.79 Å². The molecule has 1 atom stereocenters. The number of aliphatic carboxylic acids is 1. The number of nitrogens with one attached hydrogen (secondary N) is 1. The van der Waals surface area contributed by atoms with Crippen LogP contribution in [-0.4, -0.2) is 41.1 Å². The van der Waals surface area contributed by atoms with Crippen molar-refractivity contribution in [1.29, 1.82) is 0 Å². The third kappa shape index (κ3) is 2.61. The number of carbonyl (C=O) groups is 2. The van der Waals surface area contributed by atoms with Crippen LogP contribution in [0.2, 0.25) is 0 Å². The third-order valence-corrected chi connectivity index (χ3v) is 2.14. The summed E-state index contributed by atoms with van der Waals surface area (Å²) < 4.78 is 0. The van der Waals surface area contributed by atoms with Crippen molar-refractivity contribution in [3.8, 4) is 0 Å². The smallest absolute Gasteiger partial charge is 0.317 e. The SMILES string of the molecule is CCC1CN(CCC(=O)O)C(=O)N1. The van der Waals surface area contributed by atoms with E-state index >= 15 is 0 Å². The van der Waals surface area contributed by atoms with Crippen molar-refractivity contribution in [2.75, 3.05) is 13.1 Å². The van der Waals surface area contributed by atoms with Gasteiger partial charge >= 0.3 is 12.0 Å². The lowest BCUT2D eigenvalue weighted by molar-refractivity contribution is -0.137. The number of nitrogens with zero attached hydrogens (tertiary/aromatic N) is 1. The molecular weight excluding hydrogens is 172 g/mol. The van der Waals surface area contributed by atoms with Crippen molar-refractivity contribution in [2.24, 2.45) is 0 Å². The molecule has 1 aliphatic heterocycles. The lowest BCUT2D eigenvalue weighted by atomic mass is 10.2. The second-order valence-corrected chi connectivity index (χ2v) is 3.14. The second-order valence-electron chi connectivity index (χ2n) is 3.14. The molecule has 1 unspecified atom stereocenters. The zero-order valence-electron chi connectivity index (χ0n) is 7.62. The predicted octanol–water partition coefficient (Wildman–Crippen LogP) is 0.265. The molecule has 0 aromatic rings. The third-order valence-electron chi connectivity index (χ3n) is 2.14. The zero-order chi connectivity index (χ0) is 9.84. The van der Waals surface area contributed by atoms with E-state index in [1.54, 1.807) is 4.90 Å². The summed E-state index contributed by atoms with van der Waals surface area (Å²) in [5.74, 6) is -0.868. The van der Waals surface area contributed by atoms with E-state index < -0.39 is 5.97 Å². The Hall–Kier alpha value is -1.26. The molecular formula is C8H14N2O3. The summed E-state index contributed by atoms with van der Waals surface area (Å²) in [4.78, 5) is 23.0. The summed E-state index contributed by atoms with van der Waals surface area (Å²) in [5, 5.41) is 11.2. The molecule has 0 aromatic carbocycles. The van der Waals surface area contributed by atoms with Crippen LogP contribution in [0.3, 0.4) is 0 Å². The molecule has 1 rings (SSSR count). The maximum Gasteiger partial charge on any atom is 0.317 e. The van der Waals surface area contributed by atoms with Gasteiger partial charge in [0.2, 0.25) is 0 Å². The van der Waals surface area contributed by atoms with Crippen LogP contribution in [0.4, 0.5) is 4.79 Å². The van der Waals surface area contributed by atoms with Crippen molar-refractivity contribution in [1.82, 2.24) is 10.2 Å². The first kappa shape index (κ1) is 9.83. The van der Waals surface area contributed by atoms with Crippen LogP contribution in [-0.2, 0) is 4.79 Å². The summed E-state index contributed by atoms with van der Waals surface area (Å²) in [7, 11) is 0. The molecule has 13 heavy (non-hydrogen) atoms. The van der Waals surface area contributed by atoms with Gasteiger partial charge in [0.15, 0.2) is 0 Å². The van der Waals surface area contributed by atoms with Crippen LogP contribution in [0, 0.1) is 0 Å². The first-order chi connectivity index (χ1) is 6.13. The fourth-order valence-electron chi connectivity index (χ4n) is 1.32. The molecule has 0 aromatic heterocycles. The Morgan fingerprint density at radius 2 is 2.46 bits per heavy atom. The first-order valence-corrected chi connectivity index (χ1v) is 4.40. The Balaban J connectivity index is 2.35. The van der Waals surface area contributed by atoms with Gasteiger partial charge in [0.25, 0.3) is 0 Å². The fourth-order valence-corrected chi connectivity index (χ4v) is 1.32.